The third-order valence-electron chi connectivity index (χ3n) is 2.93. The monoisotopic (exact) mass is 300 g/mol. The van der Waals surface area contributed by atoms with Gasteiger partial charge in [-0.25, -0.2) is 4.79 Å². The van der Waals surface area contributed by atoms with Crippen LogP contribution in [0.2, 0.25) is 0 Å². The van der Waals surface area contributed by atoms with Gasteiger partial charge in [0.1, 0.15) is 5.60 Å². The molecule has 0 radical (unpaired) electrons. The smallest absolute Gasteiger partial charge is 0.408 e. The van der Waals surface area contributed by atoms with Gasteiger partial charge in [0.05, 0.1) is 6.04 Å². The van der Waals surface area contributed by atoms with E-state index >= 15 is 0 Å². The van der Waals surface area contributed by atoms with Crippen molar-refractivity contribution in [2.24, 2.45) is 0 Å². The highest BCUT2D eigenvalue weighted by molar-refractivity contribution is 5.69. The molecule has 22 heavy (non-hydrogen) atoms. The van der Waals surface area contributed by atoms with E-state index in [0.717, 1.165) is 5.56 Å². The summed E-state index contributed by atoms with van der Waals surface area (Å²) >= 11 is 0. The van der Waals surface area contributed by atoms with Crippen molar-refractivity contribution in [2.75, 3.05) is 0 Å². The van der Waals surface area contributed by atoms with Crippen molar-refractivity contribution in [3.05, 3.63) is 70.1 Å². The second-order valence-electron chi connectivity index (χ2n) is 5.98. The molecule has 1 aromatic carbocycles. The molecule has 0 saturated carbocycles. The molecule has 2 rings (SSSR count). The Morgan fingerprint density at radius 3 is 2.41 bits per heavy atom. The number of H-pyrrole nitrogens is 1. The van der Waals surface area contributed by atoms with Crippen molar-refractivity contribution in [2.45, 2.75) is 32.4 Å². The van der Waals surface area contributed by atoms with Crippen molar-refractivity contribution in [3.63, 3.8) is 0 Å². The van der Waals surface area contributed by atoms with E-state index in [2.05, 4.69) is 10.3 Å². The standard InChI is InChI=1S/C17H20N2O3/c1-17(2,3)22-16(21)19-15(12-7-5-4-6-8-12)13-9-10-18-14(20)11-13/h4-11,15H,1-3H3,(H,18,20)(H,19,21). The van der Waals surface area contributed by atoms with Gasteiger partial charge < -0.3 is 15.0 Å². The molecule has 2 N–H and O–H groups in total. The van der Waals surface area contributed by atoms with Crippen molar-refractivity contribution in [3.8, 4) is 0 Å². The molecule has 116 valence electrons. The second-order valence-corrected chi connectivity index (χ2v) is 5.98. The highest BCUT2D eigenvalue weighted by Gasteiger charge is 2.21. The third-order valence-corrected chi connectivity index (χ3v) is 2.93. The fraction of sp³-hybridized carbons (Fsp3) is 0.294. The number of aromatic nitrogens is 1. The number of amides is 1. The lowest BCUT2D eigenvalue weighted by Gasteiger charge is -2.24. The summed E-state index contributed by atoms with van der Waals surface area (Å²) in [5.74, 6) is 0. The van der Waals surface area contributed by atoms with Crippen LogP contribution in [-0.2, 0) is 4.74 Å². The minimum absolute atomic E-state index is 0.218. The van der Waals surface area contributed by atoms with Crippen molar-refractivity contribution >= 4 is 6.09 Å². The Kier molecular flexibility index (Phi) is 4.65. The summed E-state index contributed by atoms with van der Waals surface area (Å²) in [6, 6.07) is 12.2. The number of aromatic amines is 1. The molecular formula is C17H20N2O3. The predicted octanol–water partition coefficient (Wildman–Crippen LogP) is 2.99. The Hall–Kier alpha value is -2.56. The second kappa shape index (κ2) is 6.47. The van der Waals surface area contributed by atoms with Gasteiger partial charge in [0.2, 0.25) is 5.56 Å². The highest BCUT2D eigenvalue weighted by atomic mass is 16.6. The Balaban J connectivity index is 2.31. The minimum atomic E-state index is -0.584. The largest absolute Gasteiger partial charge is 0.444 e. The number of benzene rings is 1. The lowest BCUT2D eigenvalue weighted by Crippen LogP contribution is -2.35. The van der Waals surface area contributed by atoms with Gasteiger partial charge in [-0.1, -0.05) is 30.3 Å². The van der Waals surface area contributed by atoms with Gasteiger partial charge >= 0.3 is 6.09 Å². The van der Waals surface area contributed by atoms with Crippen LogP contribution in [0.3, 0.4) is 0 Å². The van der Waals surface area contributed by atoms with Crippen LogP contribution in [0.15, 0.2) is 53.5 Å². The van der Waals surface area contributed by atoms with Crippen LogP contribution in [0.4, 0.5) is 4.79 Å². The molecule has 1 unspecified atom stereocenters. The molecule has 1 atom stereocenters. The Morgan fingerprint density at radius 2 is 1.82 bits per heavy atom. The van der Waals surface area contributed by atoms with Crippen molar-refractivity contribution in [1.29, 1.82) is 0 Å². The van der Waals surface area contributed by atoms with Crippen LogP contribution < -0.4 is 10.9 Å². The fourth-order valence-corrected chi connectivity index (χ4v) is 2.07. The molecule has 0 aliphatic rings. The van der Waals surface area contributed by atoms with Gasteiger partial charge in [-0.3, -0.25) is 4.79 Å². The van der Waals surface area contributed by atoms with E-state index in [4.69, 9.17) is 4.74 Å². The van der Waals surface area contributed by atoms with Gasteiger partial charge in [-0.2, -0.15) is 0 Å². The normalized spacial score (nSPS) is 12.5. The fourth-order valence-electron chi connectivity index (χ4n) is 2.07. The highest BCUT2D eigenvalue weighted by Crippen LogP contribution is 2.21. The number of ether oxygens (including phenoxy) is 1. The summed E-state index contributed by atoms with van der Waals surface area (Å²) < 4.78 is 5.31. The maximum Gasteiger partial charge on any atom is 0.408 e. The summed E-state index contributed by atoms with van der Waals surface area (Å²) in [6.07, 6.45) is 1.03. The first kappa shape index (κ1) is 15.8. The molecule has 5 heteroatoms. The molecular weight excluding hydrogens is 280 g/mol. The van der Waals surface area contributed by atoms with Crippen LogP contribution in [0.25, 0.3) is 0 Å². The Labute approximate surface area is 129 Å². The van der Waals surface area contributed by atoms with Crippen LogP contribution in [-0.4, -0.2) is 16.7 Å². The first-order chi connectivity index (χ1) is 10.3. The maximum absolute atomic E-state index is 12.1. The van der Waals surface area contributed by atoms with Gasteiger partial charge in [-0.05, 0) is 38.0 Å². The van der Waals surface area contributed by atoms with Gasteiger partial charge in [0, 0.05) is 12.3 Å². The summed E-state index contributed by atoms with van der Waals surface area (Å²) in [4.78, 5) is 26.2. The van der Waals surface area contributed by atoms with Gasteiger partial charge in [-0.15, -0.1) is 0 Å². The first-order valence-corrected chi connectivity index (χ1v) is 7.08. The van der Waals surface area contributed by atoms with E-state index in [1.165, 1.54) is 6.07 Å². The number of pyridine rings is 1. The SMILES string of the molecule is CC(C)(C)OC(=O)NC(c1ccccc1)c1cc[nH]c(=O)c1. The predicted molar refractivity (Wildman–Crippen MR) is 84.7 cm³/mol. The molecule has 0 aliphatic carbocycles. The molecule has 1 amide bonds. The molecule has 1 heterocycles. The molecule has 1 aromatic heterocycles. The zero-order valence-electron chi connectivity index (χ0n) is 12.9. The van der Waals surface area contributed by atoms with Crippen LogP contribution >= 0.6 is 0 Å². The average molecular weight is 300 g/mol. The molecule has 5 nitrogen and oxygen atoms in total. The van der Waals surface area contributed by atoms with E-state index in [0.29, 0.717) is 5.56 Å². The van der Waals surface area contributed by atoms with E-state index in [1.54, 1.807) is 33.0 Å². The molecule has 0 saturated heterocycles. The summed E-state index contributed by atoms with van der Waals surface area (Å²) in [7, 11) is 0. The Morgan fingerprint density at radius 1 is 1.14 bits per heavy atom. The Bertz CT molecular complexity index is 687. The van der Waals surface area contributed by atoms with Crippen molar-refractivity contribution < 1.29 is 9.53 Å². The van der Waals surface area contributed by atoms with Gasteiger partial charge in [0.25, 0.3) is 0 Å². The first-order valence-electron chi connectivity index (χ1n) is 7.08. The van der Waals surface area contributed by atoms with Crippen LogP contribution in [0.5, 0.6) is 0 Å². The molecule has 0 fully saturated rings. The number of carbonyl (C=O) groups is 1. The topological polar surface area (TPSA) is 71.2 Å². The molecule has 0 spiro atoms. The summed E-state index contributed by atoms with van der Waals surface area (Å²) in [5.41, 5.74) is 0.767. The maximum atomic E-state index is 12.1. The average Bonchev–Trinajstić information content (AvgIpc) is 2.44. The molecule has 0 aliphatic heterocycles. The lowest BCUT2D eigenvalue weighted by molar-refractivity contribution is 0.0512. The lowest BCUT2D eigenvalue weighted by atomic mass is 10.00. The van der Waals surface area contributed by atoms with E-state index < -0.39 is 17.7 Å². The quantitative estimate of drug-likeness (QED) is 0.915. The zero-order valence-corrected chi connectivity index (χ0v) is 12.9. The number of hydrogen-bond acceptors (Lipinski definition) is 3. The summed E-state index contributed by atoms with van der Waals surface area (Å²) in [5, 5.41) is 2.82. The van der Waals surface area contributed by atoms with Crippen LogP contribution in [0, 0.1) is 0 Å². The van der Waals surface area contributed by atoms with E-state index in [-0.39, 0.29) is 5.56 Å². The van der Waals surface area contributed by atoms with E-state index in [1.807, 2.05) is 30.3 Å². The number of hydrogen-bond donors (Lipinski definition) is 2. The number of alkyl carbamates (subject to hydrolysis) is 1. The molecule has 2 aromatic rings. The van der Waals surface area contributed by atoms with E-state index in [9.17, 15) is 9.59 Å². The third kappa shape index (κ3) is 4.48. The summed E-state index contributed by atoms with van der Waals surface area (Å²) in [6.45, 7) is 5.41. The number of carbonyl (C=O) groups excluding carboxylic acids is 1. The molecule has 0 bridgehead atoms. The zero-order chi connectivity index (χ0) is 16.2. The number of nitrogens with one attached hydrogen (secondary N) is 2. The van der Waals surface area contributed by atoms with Crippen molar-refractivity contribution in [1.82, 2.24) is 10.3 Å². The van der Waals surface area contributed by atoms with Gasteiger partial charge in [0.15, 0.2) is 0 Å². The number of rotatable bonds is 3. The van der Waals surface area contributed by atoms with Crippen LogP contribution in [0.1, 0.15) is 37.9 Å². The minimum Gasteiger partial charge on any atom is -0.444 e.